The molecule has 556 valence electrons. The first-order chi connectivity index (χ1) is 44.3. The molecule has 0 spiro atoms. The normalized spacial score (nSPS) is 17.4. The maximum atomic E-state index is 10.6. The third kappa shape index (κ3) is 79.9. The zero-order valence-corrected chi connectivity index (χ0v) is 63.9. The van der Waals surface area contributed by atoms with Gasteiger partial charge < -0.3 is 91.1 Å². The molecular formula is C60H127ClN6O24P2Zr+6. The van der Waals surface area contributed by atoms with Gasteiger partial charge >= 0.3 is 22.8 Å². The summed E-state index contributed by atoms with van der Waals surface area (Å²) < 4.78 is 83.8. The van der Waals surface area contributed by atoms with E-state index in [0.29, 0.717) is 141 Å². The van der Waals surface area contributed by atoms with Crippen LogP contribution in [0.1, 0.15) is 141 Å². The Labute approximate surface area is 587 Å². The number of nitrogens with two attached hydrogens (primary N) is 1. The minimum Gasteiger partial charge on any atom is -0.392 e. The van der Waals surface area contributed by atoms with Crippen molar-refractivity contribution >= 4 is 34.4 Å². The molecule has 0 saturated carbocycles. The fourth-order valence-corrected chi connectivity index (χ4v) is 7.08. The number of aliphatic hydroxyl groups excluding tert-OH is 2. The monoisotopic (exact) mass is 1500 g/mol. The van der Waals surface area contributed by atoms with E-state index in [9.17, 15) is 19.6 Å². The molecule has 17 N–H and O–H groups in total. The number of halogens is 1. The Bertz CT molecular complexity index is 1720. The van der Waals surface area contributed by atoms with Crippen LogP contribution in [0.5, 0.6) is 0 Å². The van der Waals surface area contributed by atoms with Crippen LogP contribution in [-0.4, -0.2) is 218 Å². The number of hydrogen-bond acceptors (Lipinski definition) is 27. The molecule has 94 heavy (non-hydrogen) atoms. The number of carbonyl (C=O) groups excluding carboxylic acids is 1. The standard InChI is InChI=1S/2C16H36N2O4.C11H26N2O3.C7H3ClO3.C5H10O.C5H10.HO9P2.Zr/c2*1-5-6-16(19)9-18-14(3)11-22-15(4)12-21-8-7-20-10-13(2)17;1-9(12)6-14-4-5-15-8-11(3)16-7-10(2)13;8-6-3-1-2-5(4-6)7(9)11-10;1-2-3-5-4-6-5;1-3-5-4-2;1-3-6-11(8-9-11)7-4-5-10-2;/h2*13-16,18-19H,5-12,17H2,1-4H3;9-11H,4-8,12-13H2,1-3H3;1,3-4H;5H,2-4H2,1H3;3H,1,4-5H2,2H3;10H;/q;;;;;;+1;/p+5. The molecule has 2 saturated heterocycles. The van der Waals surface area contributed by atoms with Crippen molar-refractivity contribution in [3.63, 3.8) is 0 Å². The molecule has 2 aliphatic heterocycles. The van der Waals surface area contributed by atoms with Crippen LogP contribution >= 0.6 is 28.5 Å². The van der Waals surface area contributed by atoms with E-state index >= 15 is 0 Å². The first-order valence-electron chi connectivity index (χ1n) is 32.1. The summed E-state index contributed by atoms with van der Waals surface area (Å²) in [5.74, 6) is -0.868. The molecule has 34 heteroatoms. The Balaban J connectivity index is -0.000000342. The number of aliphatic hydroxyl groups is 2. The number of carbonyl (C=O) groups is 1. The minimum atomic E-state index is -3.18. The number of epoxide rings is 1. The summed E-state index contributed by atoms with van der Waals surface area (Å²) in [6.07, 6.45) is 17.7. The summed E-state index contributed by atoms with van der Waals surface area (Å²) in [5.41, 5.74) is 17.2. The predicted octanol–water partition coefficient (Wildman–Crippen LogP) is 5.24. The number of quaternary nitrogens is 3. The summed E-state index contributed by atoms with van der Waals surface area (Å²) in [4.78, 5) is 14.1. The van der Waals surface area contributed by atoms with Crippen molar-refractivity contribution in [2.75, 3.05) is 119 Å². The van der Waals surface area contributed by atoms with E-state index < -0.39 is 22.8 Å². The zero-order chi connectivity index (χ0) is 70.9. The zero-order valence-electron chi connectivity index (χ0n) is 58.8. The number of ether oxygens (including phenoxy) is 10. The average Bonchev–Trinajstić information content (AvgIpc) is 1.68. The van der Waals surface area contributed by atoms with Crippen LogP contribution in [-0.2, 0) is 121 Å². The fourth-order valence-electron chi connectivity index (χ4n) is 6.26. The Kier molecular flexibility index (Phi) is 79.1. The second kappa shape index (κ2) is 73.2. The van der Waals surface area contributed by atoms with Crippen molar-refractivity contribution in [3.8, 4) is 0 Å². The largest absolute Gasteiger partial charge is 0.707 e. The Hall–Kier alpha value is -1.04. The van der Waals surface area contributed by atoms with Gasteiger partial charge in [0.2, 0.25) is 5.57 Å². The Morgan fingerprint density at radius 3 is 1.40 bits per heavy atom. The van der Waals surface area contributed by atoms with Gasteiger partial charge in [-0.15, -0.1) is 6.58 Å². The molecule has 0 aromatic rings. The van der Waals surface area contributed by atoms with Crippen LogP contribution in [0, 0.1) is 6.08 Å². The molecule has 0 amide bonds. The van der Waals surface area contributed by atoms with E-state index in [-0.39, 0.29) is 80.4 Å². The van der Waals surface area contributed by atoms with Crippen LogP contribution in [0.4, 0.5) is 0 Å². The van der Waals surface area contributed by atoms with E-state index in [2.05, 4.69) is 120 Å². The number of rotatable bonds is 51. The molecule has 13 unspecified atom stereocenters. The topological polar surface area (TPSA) is 424 Å². The van der Waals surface area contributed by atoms with E-state index in [1.807, 2.05) is 54.5 Å². The van der Waals surface area contributed by atoms with Crippen LogP contribution in [0.2, 0.25) is 0 Å². The van der Waals surface area contributed by atoms with Crippen LogP contribution in [0.25, 0.3) is 0 Å². The number of nitrogens with one attached hydrogen (secondary N) is 2. The molecule has 30 nitrogen and oxygen atoms in total. The van der Waals surface area contributed by atoms with E-state index in [0.717, 1.165) is 38.7 Å². The smallest absolute Gasteiger partial charge is 0.392 e. The average molecular weight is 1510 g/mol. The van der Waals surface area contributed by atoms with Gasteiger partial charge in [0, 0.05) is 74.6 Å². The molecular weight excluding hydrogens is 1380 g/mol. The molecule has 3 aliphatic rings. The van der Waals surface area contributed by atoms with Gasteiger partial charge in [0.15, 0.2) is 0 Å². The second-order valence-electron chi connectivity index (χ2n) is 22.4. The predicted molar refractivity (Wildman–Crippen MR) is 353 cm³/mol. The van der Waals surface area contributed by atoms with Crippen molar-refractivity contribution in [2.45, 2.75) is 214 Å². The summed E-state index contributed by atoms with van der Waals surface area (Å²) >= 11 is 5.54. The van der Waals surface area contributed by atoms with Crippen molar-refractivity contribution in [1.82, 2.24) is 10.6 Å². The van der Waals surface area contributed by atoms with Gasteiger partial charge in [-0.1, -0.05) is 71.1 Å². The van der Waals surface area contributed by atoms with Crippen LogP contribution < -0.4 is 33.6 Å². The second-order valence-corrected chi connectivity index (χ2v) is 24.6. The van der Waals surface area contributed by atoms with Crippen molar-refractivity contribution in [1.29, 1.82) is 0 Å². The molecule has 13 atom stereocenters. The number of hydrogen-bond donors (Lipinski definition) is 10. The molecule has 3 rings (SSSR count). The quantitative estimate of drug-likeness (QED) is 0.00708. The first kappa shape index (κ1) is 102. The van der Waals surface area contributed by atoms with Gasteiger partial charge in [0.1, 0.15) is 23.2 Å². The van der Waals surface area contributed by atoms with E-state index in [4.69, 9.17) is 75.2 Å². The summed E-state index contributed by atoms with van der Waals surface area (Å²) in [6.45, 7) is 41.4. The van der Waals surface area contributed by atoms with Gasteiger partial charge in [0.05, 0.1) is 178 Å². The SMILES string of the molecule is C=CCCC.CC(N)COC(C)COCCOCC(C)[NH3+].CCCC(O)CNC(C)COC(C)COCCOCC(C)[NH3+].CCCC(O)CNC(C)COC(C)COCCOCC(C)[NH3+].CCCC1CO1.O=C(OO)C1=[C+]C=CC(Cl)=C1.O=[PH+]OOO[P+]1(OOO)OO1.[Zr]. The summed E-state index contributed by atoms with van der Waals surface area (Å²) in [6, 6.07) is 1.46. The van der Waals surface area contributed by atoms with Crippen LogP contribution in [0.3, 0.4) is 0 Å². The van der Waals surface area contributed by atoms with Crippen molar-refractivity contribution in [3.05, 3.63) is 47.6 Å². The summed E-state index contributed by atoms with van der Waals surface area (Å²) in [5, 5.41) is 48.8. The summed E-state index contributed by atoms with van der Waals surface area (Å²) in [7, 11) is -4.35. The molecule has 2 fully saturated rings. The Morgan fingerprint density at radius 1 is 0.702 bits per heavy atom. The van der Waals surface area contributed by atoms with Crippen molar-refractivity contribution < 1.29 is 159 Å². The van der Waals surface area contributed by atoms with Crippen LogP contribution in [0.15, 0.2) is 41.5 Å². The van der Waals surface area contributed by atoms with Gasteiger partial charge in [-0.05, 0) is 97.6 Å². The van der Waals surface area contributed by atoms with Gasteiger partial charge in [-0.3, -0.25) is 0 Å². The molecule has 1 aliphatic carbocycles. The third-order valence-corrected chi connectivity index (χ3v) is 12.3. The maximum Gasteiger partial charge on any atom is 0.707 e. The first-order valence-corrected chi connectivity index (χ1v) is 34.8. The molecule has 2 heterocycles. The molecule has 0 aromatic carbocycles. The molecule has 0 bridgehead atoms. The van der Waals surface area contributed by atoms with Gasteiger partial charge in [-0.2, -0.15) is 10.1 Å². The third-order valence-electron chi connectivity index (χ3n) is 11.0. The fraction of sp³-hybridized carbons (Fsp3) is 0.850. The Morgan fingerprint density at radius 2 is 1.12 bits per heavy atom. The number of allylic oxidation sites excluding steroid dienone is 5. The molecule has 0 aromatic heterocycles. The van der Waals surface area contributed by atoms with Gasteiger partial charge in [0.25, 0.3) is 0 Å². The van der Waals surface area contributed by atoms with Gasteiger partial charge in [-0.25, -0.2) is 10.1 Å². The van der Waals surface area contributed by atoms with E-state index in [1.165, 1.54) is 31.4 Å². The van der Waals surface area contributed by atoms with Crippen molar-refractivity contribution in [2.24, 2.45) is 5.73 Å². The molecule has 0 radical (unpaired) electrons. The maximum absolute atomic E-state index is 10.6. The number of unbranched alkanes of at least 4 members (excludes halogenated alkanes) is 1. The van der Waals surface area contributed by atoms with E-state index in [1.54, 1.807) is 6.08 Å². The minimum absolute atomic E-state index is 0.